The predicted octanol–water partition coefficient (Wildman–Crippen LogP) is 1.71. The third kappa shape index (κ3) is 15.4. The number of hydrogen-bond acceptors (Lipinski definition) is 6. The van der Waals surface area contributed by atoms with Crippen molar-refractivity contribution in [1.29, 1.82) is 0 Å². The van der Waals surface area contributed by atoms with E-state index in [0.29, 0.717) is 0 Å². The van der Waals surface area contributed by atoms with E-state index in [9.17, 15) is 0 Å². The van der Waals surface area contributed by atoms with Crippen LogP contribution in [0, 0.1) is 0 Å². The van der Waals surface area contributed by atoms with Gasteiger partial charge in [-0.2, -0.15) is 0 Å². The maximum atomic E-state index is 5.58. The second kappa shape index (κ2) is 20.5. The van der Waals surface area contributed by atoms with Crippen LogP contribution in [0.3, 0.4) is 0 Å². The van der Waals surface area contributed by atoms with Gasteiger partial charge in [-0.1, -0.05) is 26.2 Å². The van der Waals surface area contributed by atoms with Crippen LogP contribution >= 0.6 is 0 Å². The van der Waals surface area contributed by atoms with E-state index in [1.54, 1.807) is 0 Å². The van der Waals surface area contributed by atoms with Gasteiger partial charge >= 0.3 is 0 Å². The summed E-state index contributed by atoms with van der Waals surface area (Å²) in [6.45, 7) is 11.2. The summed E-state index contributed by atoms with van der Waals surface area (Å²) in [6, 6.07) is 0.817. The van der Waals surface area contributed by atoms with Crippen LogP contribution in [0.15, 0.2) is 0 Å². The summed E-state index contributed by atoms with van der Waals surface area (Å²) in [5.74, 6) is 0. The highest BCUT2D eigenvalue weighted by atomic mass is 15.2. The second-order valence-corrected chi connectivity index (χ2v) is 7.74. The van der Waals surface area contributed by atoms with Crippen LogP contribution in [0.25, 0.3) is 0 Å². The molecule has 6 heteroatoms. The molecule has 0 heterocycles. The van der Waals surface area contributed by atoms with Crippen molar-refractivity contribution in [3.05, 3.63) is 0 Å². The Kier molecular flexibility index (Phi) is 20.3. The highest BCUT2D eigenvalue weighted by Gasteiger charge is 2.19. The molecule has 0 radical (unpaired) electrons. The molecular weight excluding hydrogens is 336 g/mol. The minimum Gasteiger partial charge on any atom is -0.330 e. The molecule has 0 unspecified atom stereocenters. The molecule has 1 rings (SSSR count). The first-order valence-electron chi connectivity index (χ1n) is 11.5. The van der Waals surface area contributed by atoms with Crippen molar-refractivity contribution in [3.8, 4) is 0 Å². The van der Waals surface area contributed by atoms with Crippen molar-refractivity contribution in [1.82, 2.24) is 9.80 Å². The van der Waals surface area contributed by atoms with Crippen LogP contribution in [0.5, 0.6) is 0 Å². The highest BCUT2D eigenvalue weighted by molar-refractivity contribution is 4.76. The number of rotatable bonds is 15. The van der Waals surface area contributed by atoms with E-state index in [4.69, 9.17) is 22.9 Å². The molecule has 1 fully saturated rings. The molecule has 1 aliphatic rings. The smallest absolute Gasteiger partial charge is 0.00952 e. The monoisotopic (exact) mass is 386 g/mol. The first kappa shape index (κ1) is 26.8. The van der Waals surface area contributed by atoms with E-state index in [-0.39, 0.29) is 0 Å². The number of nitrogens with two attached hydrogens (primary N) is 4. The Hall–Kier alpha value is -0.240. The third-order valence-corrected chi connectivity index (χ3v) is 5.29. The van der Waals surface area contributed by atoms with Crippen molar-refractivity contribution in [3.63, 3.8) is 0 Å². The van der Waals surface area contributed by atoms with Gasteiger partial charge in [-0.25, -0.2) is 0 Å². The predicted molar refractivity (Wildman–Crippen MR) is 120 cm³/mol. The fraction of sp³-hybridized carbons (Fsp3) is 1.00. The standard InChI is InChI=1S/C12H27N3.C9H23N3/c13-8-4-10-15(11-5-9-14)12-6-2-1-3-7-12;1-2-7-12(8-3-5-10)9-4-6-11/h12H,1-11,13-14H2;2-11H2,1H3. The quantitative estimate of drug-likeness (QED) is 0.341. The Bertz CT molecular complexity index is 268. The molecule has 0 aromatic rings. The fourth-order valence-electron chi connectivity index (χ4n) is 3.79. The Morgan fingerprint density at radius 2 is 1.07 bits per heavy atom. The average Bonchev–Trinajstić information content (AvgIpc) is 2.71. The first-order chi connectivity index (χ1) is 13.2. The summed E-state index contributed by atoms with van der Waals surface area (Å²) in [5, 5.41) is 0. The van der Waals surface area contributed by atoms with E-state index < -0.39 is 0 Å². The molecule has 0 saturated heterocycles. The van der Waals surface area contributed by atoms with Gasteiger partial charge in [0.05, 0.1) is 0 Å². The summed E-state index contributed by atoms with van der Waals surface area (Å²) in [5.41, 5.74) is 22.1. The van der Waals surface area contributed by atoms with Crippen molar-refractivity contribution < 1.29 is 0 Å². The molecular formula is C21H50N6. The molecule has 27 heavy (non-hydrogen) atoms. The van der Waals surface area contributed by atoms with Crippen LogP contribution in [0.2, 0.25) is 0 Å². The van der Waals surface area contributed by atoms with E-state index >= 15 is 0 Å². The molecule has 0 bridgehead atoms. The summed E-state index contributed by atoms with van der Waals surface area (Å²) >= 11 is 0. The Labute approximate surface area is 169 Å². The fourth-order valence-corrected chi connectivity index (χ4v) is 3.79. The first-order valence-corrected chi connectivity index (χ1v) is 11.5. The maximum absolute atomic E-state index is 5.58. The zero-order chi connectivity index (χ0) is 20.2. The maximum Gasteiger partial charge on any atom is 0.00952 e. The molecule has 0 aliphatic heterocycles. The molecule has 0 spiro atoms. The lowest BCUT2D eigenvalue weighted by Gasteiger charge is -2.34. The zero-order valence-electron chi connectivity index (χ0n) is 18.2. The molecule has 0 aromatic carbocycles. The van der Waals surface area contributed by atoms with Crippen molar-refractivity contribution in [2.75, 3.05) is 58.9 Å². The van der Waals surface area contributed by atoms with Gasteiger partial charge in [-0.05, 0) is 104 Å². The highest BCUT2D eigenvalue weighted by Crippen LogP contribution is 2.22. The van der Waals surface area contributed by atoms with Gasteiger partial charge in [0.1, 0.15) is 0 Å². The van der Waals surface area contributed by atoms with Crippen molar-refractivity contribution in [2.24, 2.45) is 22.9 Å². The van der Waals surface area contributed by atoms with Gasteiger partial charge in [-0.15, -0.1) is 0 Å². The Morgan fingerprint density at radius 3 is 1.48 bits per heavy atom. The van der Waals surface area contributed by atoms with Gasteiger partial charge in [0, 0.05) is 6.04 Å². The summed E-state index contributed by atoms with van der Waals surface area (Å²) in [6.07, 6.45) is 12.7. The molecule has 6 nitrogen and oxygen atoms in total. The van der Waals surface area contributed by atoms with Gasteiger partial charge in [-0.3, -0.25) is 0 Å². The minimum atomic E-state index is 0.794. The number of nitrogens with zero attached hydrogens (tertiary/aromatic N) is 2. The molecule has 1 aliphatic carbocycles. The van der Waals surface area contributed by atoms with Gasteiger partial charge in [0.2, 0.25) is 0 Å². The molecule has 164 valence electrons. The van der Waals surface area contributed by atoms with Crippen LogP contribution in [-0.2, 0) is 0 Å². The number of hydrogen-bond donors (Lipinski definition) is 4. The zero-order valence-corrected chi connectivity index (χ0v) is 18.2. The molecule has 0 amide bonds. The summed E-state index contributed by atoms with van der Waals surface area (Å²) in [4.78, 5) is 5.07. The summed E-state index contributed by atoms with van der Waals surface area (Å²) < 4.78 is 0. The third-order valence-electron chi connectivity index (χ3n) is 5.29. The Morgan fingerprint density at radius 1 is 0.630 bits per heavy atom. The van der Waals surface area contributed by atoms with Crippen LogP contribution < -0.4 is 22.9 Å². The van der Waals surface area contributed by atoms with E-state index in [1.165, 1.54) is 58.2 Å². The second-order valence-electron chi connectivity index (χ2n) is 7.74. The van der Waals surface area contributed by atoms with Crippen LogP contribution in [0.4, 0.5) is 0 Å². The van der Waals surface area contributed by atoms with Crippen molar-refractivity contribution in [2.45, 2.75) is 77.2 Å². The van der Waals surface area contributed by atoms with E-state index in [0.717, 1.165) is 71.0 Å². The molecule has 0 atom stereocenters. The largest absolute Gasteiger partial charge is 0.330 e. The lowest BCUT2D eigenvalue weighted by Crippen LogP contribution is -2.39. The average molecular weight is 387 g/mol. The SMILES string of the molecule is CCCN(CCCN)CCCN.NCCCN(CCCN)C1CCCCC1. The summed E-state index contributed by atoms with van der Waals surface area (Å²) in [7, 11) is 0. The lowest BCUT2D eigenvalue weighted by atomic mass is 9.94. The van der Waals surface area contributed by atoms with Crippen LogP contribution in [-0.4, -0.2) is 74.7 Å². The van der Waals surface area contributed by atoms with Crippen LogP contribution in [0.1, 0.15) is 71.1 Å². The normalized spacial score (nSPS) is 15.2. The molecule has 1 saturated carbocycles. The Balaban J connectivity index is 0.000000516. The van der Waals surface area contributed by atoms with Gasteiger partial charge in [0.15, 0.2) is 0 Å². The lowest BCUT2D eigenvalue weighted by molar-refractivity contribution is 0.154. The van der Waals surface area contributed by atoms with E-state index in [2.05, 4.69) is 16.7 Å². The van der Waals surface area contributed by atoms with Gasteiger partial charge < -0.3 is 32.7 Å². The molecule has 8 N–H and O–H groups in total. The van der Waals surface area contributed by atoms with Gasteiger partial charge in [0.25, 0.3) is 0 Å². The topological polar surface area (TPSA) is 111 Å². The van der Waals surface area contributed by atoms with E-state index in [1.807, 2.05) is 0 Å². The van der Waals surface area contributed by atoms with Crippen molar-refractivity contribution >= 4 is 0 Å². The minimum absolute atomic E-state index is 0.794. The molecule has 0 aromatic heterocycles.